The highest BCUT2D eigenvalue weighted by Crippen LogP contribution is 2.16. The normalized spacial score (nSPS) is 12.5. The van der Waals surface area contributed by atoms with E-state index in [0.29, 0.717) is 28.3 Å². The number of ether oxygens (including phenoxy) is 1. The van der Waals surface area contributed by atoms with E-state index in [2.05, 4.69) is 15.2 Å². The van der Waals surface area contributed by atoms with Crippen molar-refractivity contribution in [1.82, 2.24) is 10.1 Å². The molecule has 2 N–H and O–H groups in total. The lowest BCUT2D eigenvalue weighted by molar-refractivity contribution is -0.123. The van der Waals surface area contributed by atoms with Crippen LogP contribution in [0.25, 0.3) is 0 Å². The predicted octanol–water partition coefficient (Wildman–Crippen LogP) is 4.71. The zero-order valence-electron chi connectivity index (χ0n) is 20.6. The van der Waals surface area contributed by atoms with E-state index in [-0.39, 0.29) is 10.8 Å². The van der Waals surface area contributed by atoms with Crippen molar-refractivity contribution >= 4 is 39.7 Å². The lowest BCUT2D eigenvalue weighted by atomic mass is 10.0. The van der Waals surface area contributed by atoms with Crippen LogP contribution >= 0.6 is 11.6 Å². The SMILES string of the molecule is Cc1ccc(S(=O)(=O)N[C@@H](CC(C)C)C(=O)N/N=C\c2ccc(OC(=O)c3ccc(Cl)cc3)cc2)cc1. The number of hydrogen-bond acceptors (Lipinski definition) is 6. The number of carbonyl (C=O) groups excluding carboxylic acids is 2. The van der Waals surface area contributed by atoms with Crippen molar-refractivity contribution in [2.45, 2.75) is 38.1 Å². The van der Waals surface area contributed by atoms with Gasteiger partial charge in [0.15, 0.2) is 0 Å². The molecule has 3 rings (SSSR count). The van der Waals surface area contributed by atoms with E-state index in [4.69, 9.17) is 16.3 Å². The number of aryl methyl sites for hydroxylation is 1. The summed E-state index contributed by atoms with van der Waals surface area (Å²) in [5, 5.41) is 4.47. The van der Waals surface area contributed by atoms with Gasteiger partial charge in [0.2, 0.25) is 10.0 Å². The Balaban J connectivity index is 1.60. The molecular weight excluding hydrogens is 514 g/mol. The fourth-order valence-corrected chi connectivity index (χ4v) is 4.61. The van der Waals surface area contributed by atoms with Crippen LogP contribution in [0.1, 0.15) is 41.8 Å². The molecule has 0 aliphatic rings. The van der Waals surface area contributed by atoms with Gasteiger partial charge in [-0.05, 0) is 85.5 Å². The second-order valence-electron chi connectivity index (χ2n) is 8.82. The molecule has 0 aliphatic carbocycles. The average Bonchev–Trinajstić information content (AvgIpc) is 2.85. The molecule has 0 saturated heterocycles. The van der Waals surface area contributed by atoms with Crippen LogP contribution < -0.4 is 14.9 Å². The Morgan fingerprint density at radius 2 is 1.59 bits per heavy atom. The van der Waals surface area contributed by atoms with Crippen LogP contribution in [0.4, 0.5) is 0 Å². The Bertz CT molecular complexity index is 1350. The summed E-state index contributed by atoms with van der Waals surface area (Å²) in [5.74, 6) is -0.698. The molecule has 0 heterocycles. The minimum Gasteiger partial charge on any atom is -0.423 e. The summed E-state index contributed by atoms with van der Waals surface area (Å²) in [5.41, 5.74) is 4.33. The third kappa shape index (κ3) is 8.52. The molecule has 0 radical (unpaired) electrons. The van der Waals surface area contributed by atoms with Crippen LogP contribution in [0.5, 0.6) is 5.75 Å². The number of sulfonamides is 1. The summed E-state index contributed by atoms with van der Waals surface area (Å²) in [6, 6.07) is 18.2. The number of amides is 1. The molecule has 0 saturated carbocycles. The molecule has 37 heavy (non-hydrogen) atoms. The first-order valence-corrected chi connectivity index (χ1v) is 13.4. The van der Waals surface area contributed by atoms with Crippen molar-refractivity contribution in [3.05, 3.63) is 94.5 Å². The van der Waals surface area contributed by atoms with Crippen LogP contribution in [0.3, 0.4) is 0 Å². The Morgan fingerprint density at radius 1 is 0.973 bits per heavy atom. The van der Waals surface area contributed by atoms with Crippen LogP contribution in [0.15, 0.2) is 82.8 Å². The summed E-state index contributed by atoms with van der Waals surface area (Å²) in [7, 11) is -3.89. The first-order valence-electron chi connectivity index (χ1n) is 11.5. The maximum atomic E-state index is 12.8. The Hall–Kier alpha value is -3.53. The van der Waals surface area contributed by atoms with Crippen molar-refractivity contribution in [1.29, 1.82) is 0 Å². The van der Waals surface area contributed by atoms with Crippen molar-refractivity contribution < 1.29 is 22.7 Å². The van der Waals surface area contributed by atoms with Gasteiger partial charge in [0.05, 0.1) is 16.7 Å². The molecule has 0 unspecified atom stereocenters. The average molecular weight is 542 g/mol. The Kier molecular flexibility index (Phi) is 9.57. The molecule has 0 aliphatic heterocycles. The molecule has 0 bridgehead atoms. The topological polar surface area (TPSA) is 114 Å². The highest BCUT2D eigenvalue weighted by Gasteiger charge is 2.26. The number of nitrogens with one attached hydrogen (secondary N) is 2. The lowest BCUT2D eigenvalue weighted by Crippen LogP contribution is -2.46. The van der Waals surface area contributed by atoms with Gasteiger partial charge in [0, 0.05) is 5.02 Å². The lowest BCUT2D eigenvalue weighted by Gasteiger charge is -2.19. The molecular formula is C27H28ClN3O5S. The minimum atomic E-state index is -3.89. The van der Waals surface area contributed by atoms with Gasteiger partial charge in [-0.2, -0.15) is 9.82 Å². The van der Waals surface area contributed by atoms with Gasteiger partial charge in [-0.15, -0.1) is 0 Å². The van der Waals surface area contributed by atoms with Gasteiger partial charge in [-0.3, -0.25) is 4.79 Å². The first-order chi connectivity index (χ1) is 17.5. The fourth-order valence-electron chi connectivity index (χ4n) is 3.28. The smallest absolute Gasteiger partial charge is 0.343 e. The third-order valence-electron chi connectivity index (χ3n) is 5.21. The molecule has 0 spiro atoms. The van der Waals surface area contributed by atoms with Crippen LogP contribution in [0.2, 0.25) is 5.02 Å². The highest BCUT2D eigenvalue weighted by molar-refractivity contribution is 7.89. The quantitative estimate of drug-likeness (QED) is 0.167. The predicted molar refractivity (Wildman–Crippen MR) is 143 cm³/mol. The Morgan fingerprint density at radius 3 is 2.19 bits per heavy atom. The monoisotopic (exact) mass is 541 g/mol. The number of esters is 1. The summed E-state index contributed by atoms with van der Waals surface area (Å²) in [6.45, 7) is 5.65. The van der Waals surface area contributed by atoms with Gasteiger partial charge >= 0.3 is 5.97 Å². The fraction of sp³-hybridized carbons (Fsp3) is 0.222. The zero-order chi connectivity index (χ0) is 27.0. The number of nitrogens with zero attached hydrogens (tertiary/aromatic N) is 1. The number of halogens is 1. The summed E-state index contributed by atoms with van der Waals surface area (Å²) < 4.78 is 33.4. The van der Waals surface area contributed by atoms with E-state index in [1.807, 2.05) is 20.8 Å². The molecule has 1 atom stereocenters. The van der Waals surface area contributed by atoms with E-state index >= 15 is 0 Å². The second kappa shape index (κ2) is 12.6. The van der Waals surface area contributed by atoms with E-state index in [0.717, 1.165) is 5.56 Å². The van der Waals surface area contributed by atoms with E-state index in [1.165, 1.54) is 18.3 Å². The van der Waals surface area contributed by atoms with Gasteiger partial charge in [-0.1, -0.05) is 43.1 Å². The van der Waals surface area contributed by atoms with Gasteiger partial charge in [0.25, 0.3) is 5.91 Å². The standard InChI is InChI=1S/C27H28ClN3O5S/c1-18(2)16-25(31-37(34,35)24-14-4-19(3)5-15-24)26(32)30-29-17-20-6-12-23(13-7-20)36-27(33)21-8-10-22(28)11-9-21/h4-15,17-18,25,31H,16H2,1-3H3,(H,30,32)/b29-17-/t25-/m0/s1. The van der Waals surface area contributed by atoms with E-state index in [9.17, 15) is 18.0 Å². The molecule has 3 aromatic rings. The van der Waals surface area contributed by atoms with Crippen molar-refractivity contribution in [3.63, 3.8) is 0 Å². The molecule has 3 aromatic carbocycles. The number of rotatable bonds is 10. The second-order valence-corrected chi connectivity index (χ2v) is 11.0. The first kappa shape index (κ1) is 28.0. The van der Waals surface area contributed by atoms with Crippen molar-refractivity contribution in [3.8, 4) is 5.75 Å². The number of hydrazone groups is 1. The van der Waals surface area contributed by atoms with Crippen LogP contribution in [0, 0.1) is 12.8 Å². The van der Waals surface area contributed by atoms with Crippen molar-refractivity contribution in [2.24, 2.45) is 11.0 Å². The minimum absolute atomic E-state index is 0.0589. The number of hydrogen-bond donors (Lipinski definition) is 2. The maximum Gasteiger partial charge on any atom is 0.343 e. The molecule has 0 aromatic heterocycles. The largest absolute Gasteiger partial charge is 0.423 e. The van der Waals surface area contributed by atoms with E-state index < -0.39 is 27.9 Å². The van der Waals surface area contributed by atoms with Gasteiger partial charge in [-0.25, -0.2) is 18.6 Å². The summed E-state index contributed by atoms with van der Waals surface area (Å²) >= 11 is 5.83. The number of benzene rings is 3. The number of carbonyl (C=O) groups is 2. The maximum absolute atomic E-state index is 12.8. The molecule has 1 amide bonds. The van der Waals surface area contributed by atoms with Crippen LogP contribution in [-0.2, 0) is 14.8 Å². The molecule has 8 nitrogen and oxygen atoms in total. The van der Waals surface area contributed by atoms with Gasteiger partial charge in [0.1, 0.15) is 11.8 Å². The van der Waals surface area contributed by atoms with Crippen LogP contribution in [-0.4, -0.2) is 32.6 Å². The Labute approximate surface area is 221 Å². The van der Waals surface area contributed by atoms with Crippen molar-refractivity contribution in [2.75, 3.05) is 0 Å². The molecule has 194 valence electrons. The molecule has 10 heteroatoms. The van der Waals surface area contributed by atoms with E-state index in [1.54, 1.807) is 60.7 Å². The highest BCUT2D eigenvalue weighted by atomic mass is 35.5. The summed E-state index contributed by atoms with van der Waals surface area (Å²) in [4.78, 5) is 25.0. The van der Waals surface area contributed by atoms with Gasteiger partial charge < -0.3 is 4.74 Å². The molecule has 0 fully saturated rings. The zero-order valence-corrected chi connectivity index (χ0v) is 22.2. The third-order valence-corrected chi connectivity index (χ3v) is 6.95. The summed E-state index contributed by atoms with van der Waals surface area (Å²) in [6.07, 6.45) is 1.70.